The molecule has 0 unspecified atom stereocenters. The third-order valence-corrected chi connectivity index (χ3v) is 5.83. The number of carbonyl (C=O) groups is 1. The van der Waals surface area contributed by atoms with E-state index >= 15 is 0 Å². The van der Waals surface area contributed by atoms with Crippen molar-refractivity contribution in [2.45, 2.75) is 5.16 Å². The maximum absolute atomic E-state index is 12.8. The van der Waals surface area contributed by atoms with E-state index in [1.165, 1.54) is 9.58 Å². The maximum atomic E-state index is 12.8. The molecule has 4 rings (SSSR count). The van der Waals surface area contributed by atoms with Gasteiger partial charge in [0.2, 0.25) is 15.7 Å². The molecule has 27 heavy (non-hydrogen) atoms. The molecule has 1 aromatic heterocycles. The van der Waals surface area contributed by atoms with Crippen molar-refractivity contribution in [3.8, 4) is 5.69 Å². The second kappa shape index (κ2) is 7.05. The summed E-state index contributed by atoms with van der Waals surface area (Å²) in [5.74, 6) is -1.16. The van der Waals surface area contributed by atoms with Gasteiger partial charge in [0.1, 0.15) is 5.75 Å². The first-order valence-electron chi connectivity index (χ1n) is 8.41. The fraction of sp³-hybridized carbons (Fsp3) is 0.294. The summed E-state index contributed by atoms with van der Waals surface area (Å²) in [6.07, 6.45) is 0. The quantitative estimate of drug-likeness (QED) is 0.639. The summed E-state index contributed by atoms with van der Waals surface area (Å²) in [5.41, 5.74) is 0.537. The summed E-state index contributed by atoms with van der Waals surface area (Å²) in [4.78, 5) is 13.9. The first kappa shape index (κ1) is 17.6. The number of hydrogen-bond acceptors (Lipinski definition) is 7. The minimum atomic E-state index is -4.02. The van der Waals surface area contributed by atoms with E-state index in [0.29, 0.717) is 32.0 Å². The van der Waals surface area contributed by atoms with Gasteiger partial charge in [0.25, 0.3) is 5.16 Å². The highest BCUT2D eigenvalue weighted by atomic mass is 32.2. The largest absolute Gasteiger partial charge is 0.378 e. The number of benzene rings is 2. The molecule has 10 heteroatoms. The fourth-order valence-corrected chi connectivity index (χ4v) is 4.24. The Balaban J connectivity index is 1.69. The molecule has 3 aromatic rings. The van der Waals surface area contributed by atoms with E-state index in [9.17, 15) is 13.2 Å². The summed E-state index contributed by atoms with van der Waals surface area (Å²) in [5, 5.41) is 12.5. The molecule has 140 valence electrons. The average Bonchev–Trinajstić information content (AvgIpc) is 3.18. The topological polar surface area (TPSA) is 107 Å². The fourth-order valence-electron chi connectivity index (χ4n) is 3.05. The van der Waals surface area contributed by atoms with Crippen LogP contribution in [0, 0.1) is 0 Å². The third-order valence-electron chi connectivity index (χ3n) is 4.39. The van der Waals surface area contributed by atoms with Crippen LogP contribution >= 0.6 is 0 Å². The zero-order chi connectivity index (χ0) is 18.9. The van der Waals surface area contributed by atoms with Gasteiger partial charge in [-0.1, -0.05) is 41.5 Å². The standard InChI is InChI=1S/C17H17N5O4S/c23-16(21-8-10-26-11-9-21)12-27(24,25)17-18-19-20-22(17)15-7-3-5-13-4-1-2-6-14(13)15/h1-7H,8-12H2. The van der Waals surface area contributed by atoms with Crippen molar-refractivity contribution >= 4 is 26.5 Å². The van der Waals surface area contributed by atoms with Crippen LogP contribution in [-0.2, 0) is 19.4 Å². The van der Waals surface area contributed by atoms with E-state index in [0.717, 1.165) is 10.8 Å². The molecule has 1 saturated heterocycles. The predicted octanol–water partition coefficient (Wildman–Crippen LogP) is 0.448. The molecule has 0 saturated carbocycles. The lowest BCUT2D eigenvalue weighted by Gasteiger charge is -2.26. The summed E-state index contributed by atoms with van der Waals surface area (Å²) >= 11 is 0. The molecule has 1 fully saturated rings. The van der Waals surface area contributed by atoms with Crippen LogP contribution in [0.3, 0.4) is 0 Å². The van der Waals surface area contributed by atoms with Crippen molar-refractivity contribution in [1.82, 2.24) is 25.1 Å². The Kier molecular flexibility index (Phi) is 4.58. The van der Waals surface area contributed by atoms with Crippen molar-refractivity contribution < 1.29 is 17.9 Å². The van der Waals surface area contributed by atoms with Gasteiger partial charge in [0.15, 0.2) is 0 Å². The Bertz CT molecular complexity index is 1080. The molecule has 9 nitrogen and oxygen atoms in total. The highest BCUT2D eigenvalue weighted by Crippen LogP contribution is 2.23. The number of sulfone groups is 1. The van der Waals surface area contributed by atoms with Gasteiger partial charge >= 0.3 is 0 Å². The maximum Gasteiger partial charge on any atom is 0.272 e. The average molecular weight is 387 g/mol. The molecule has 0 spiro atoms. The summed E-state index contributed by atoms with van der Waals surface area (Å²) in [7, 11) is -4.02. The Hall–Kier alpha value is -2.85. The zero-order valence-corrected chi connectivity index (χ0v) is 15.2. The van der Waals surface area contributed by atoms with Crippen molar-refractivity contribution in [3.63, 3.8) is 0 Å². The monoisotopic (exact) mass is 387 g/mol. The minimum absolute atomic E-state index is 0.347. The highest BCUT2D eigenvalue weighted by Gasteiger charge is 2.30. The Morgan fingerprint density at radius 2 is 1.81 bits per heavy atom. The van der Waals surface area contributed by atoms with Gasteiger partial charge in [-0.3, -0.25) is 4.79 Å². The number of carbonyl (C=O) groups excluding carboxylic acids is 1. The van der Waals surface area contributed by atoms with Gasteiger partial charge in [-0.2, -0.15) is 4.68 Å². The number of ether oxygens (including phenoxy) is 1. The highest BCUT2D eigenvalue weighted by molar-refractivity contribution is 7.91. The van der Waals surface area contributed by atoms with Crippen LogP contribution in [-0.4, -0.2) is 71.5 Å². The second-order valence-corrected chi connectivity index (χ2v) is 8.01. The van der Waals surface area contributed by atoms with E-state index in [2.05, 4.69) is 15.5 Å². The van der Waals surface area contributed by atoms with Crippen LogP contribution in [0.2, 0.25) is 0 Å². The second-order valence-electron chi connectivity index (χ2n) is 6.12. The van der Waals surface area contributed by atoms with Gasteiger partial charge in [0.05, 0.1) is 18.9 Å². The Morgan fingerprint density at radius 1 is 1.07 bits per heavy atom. The number of aromatic nitrogens is 4. The number of tetrazole rings is 1. The molecule has 0 atom stereocenters. The SMILES string of the molecule is O=C(CS(=O)(=O)c1nnnn1-c1cccc2ccccc12)N1CCOCC1. The molecule has 0 bridgehead atoms. The normalized spacial score (nSPS) is 15.2. The van der Waals surface area contributed by atoms with Gasteiger partial charge in [-0.05, 0) is 21.9 Å². The number of rotatable bonds is 4. The minimum Gasteiger partial charge on any atom is -0.378 e. The van der Waals surface area contributed by atoms with Crippen LogP contribution in [0.4, 0.5) is 0 Å². The first-order valence-corrected chi connectivity index (χ1v) is 10.1. The van der Waals surface area contributed by atoms with Gasteiger partial charge < -0.3 is 9.64 Å². The smallest absolute Gasteiger partial charge is 0.272 e. The van der Waals surface area contributed by atoms with Crippen LogP contribution in [0.25, 0.3) is 16.5 Å². The van der Waals surface area contributed by atoms with E-state index in [1.54, 1.807) is 12.1 Å². The summed E-state index contributed by atoms with van der Waals surface area (Å²) < 4.78 is 32.0. The van der Waals surface area contributed by atoms with E-state index < -0.39 is 21.5 Å². The lowest BCUT2D eigenvalue weighted by molar-refractivity contribution is -0.132. The first-order chi connectivity index (χ1) is 13.1. The van der Waals surface area contributed by atoms with Gasteiger partial charge in [-0.15, -0.1) is 0 Å². The molecule has 1 aliphatic heterocycles. The van der Waals surface area contributed by atoms with E-state index in [1.807, 2.05) is 30.3 Å². The van der Waals surface area contributed by atoms with Crippen molar-refractivity contribution in [1.29, 1.82) is 0 Å². The van der Waals surface area contributed by atoms with Crippen LogP contribution in [0.15, 0.2) is 47.6 Å². The molecule has 1 amide bonds. The number of nitrogens with zero attached hydrogens (tertiary/aromatic N) is 5. The molecule has 0 N–H and O–H groups in total. The number of morpholine rings is 1. The molecule has 0 radical (unpaired) electrons. The Morgan fingerprint density at radius 3 is 2.63 bits per heavy atom. The van der Waals surface area contributed by atoms with E-state index in [4.69, 9.17) is 4.74 Å². The molecule has 1 aliphatic rings. The van der Waals surface area contributed by atoms with Gasteiger partial charge in [0, 0.05) is 18.5 Å². The van der Waals surface area contributed by atoms with Crippen LogP contribution < -0.4 is 0 Å². The zero-order valence-electron chi connectivity index (χ0n) is 14.4. The third kappa shape index (κ3) is 3.40. The summed E-state index contributed by atoms with van der Waals surface area (Å²) in [6, 6.07) is 13.0. The molecule has 2 heterocycles. The van der Waals surface area contributed by atoms with Crippen LogP contribution in [0.1, 0.15) is 0 Å². The lowest BCUT2D eigenvalue weighted by atomic mass is 10.1. The predicted molar refractivity (Wildman–Crippen MR) is 96.1 cm³/mol. The molecule has 0 aliphatic carbocycles. The van der Waals surface area contributed by atoms with Gasteiger partial charge in [-0.25, -0.2) is 8.42 Å². The van der Waals surface area contributed by atoms with Crippen LogP contribution in [0.5, 0.6) is 0 Å². The summed E-state index contributed by atoms with van der Waals surface area (Å²) in [6.45, 7) is 1.56. The Labute approximate surface area is 155 Å². The molecule has 2 aromatic carbocycles. The lowest BCUT2D eigenvalue weighted by Crippen LogP contribution is -2.43. The number of hydrogen-bond donors (Lipinski definition) is 0. The van der Waals surface area contributed by atoms with Crippen molar-refractivity contribution in [2.24, 2.45) is 0 Å². The van der Waals surface area contributed by atoms with Crippen molar-refractivity contribution in [2.75, 3.05) is 32.1 Å². The number of amides is 1. The molecular weight excluding hydrogens is 370 g/mol. The molecular formula is C17H17N5O4S. The van der Waals surface area contributed by atoms with Crippen molar-refractivity contribution in [3.05, 3.63) is 42.5 Å². The number of fused-ring (bicyclic) bond motifs is 1. The van der Waals surface area contributed by atoms with E-state index in [-0.39, 0.29) is 5.16 Å².